The van der Waals surface area contributed by atoms with Crippen LogP contribution in [-0.2, 0) is 6.42 Å². The Kier molecular flexibility index (Phi) is 4.65. The molecular formula is C16H22BrNO3. The van der Waals surface area contributed by atoms with E-state index in [9.17, 15) is 4.79 Å². The van der Waals surface area contributed by atoms with Gasteiger partial charge in [-0.05, 0) is 42.2 Å². The Balaban J connectivity index is 3.83. The zero-order valence-electron chi connectivity index (χ0n) is 16.5. The van der Waals surface area contributed by atoms with Crippen LogP contribution in [0.3, 0.4) is 0 Å². The number of hydrogen-bond acceptors (Lipinski definition) is 3. The van der Waals surface area contributed by atoms with Gasteiger partial charge in [0, 0.05) is 18.7 Å². The number of allylic oxidation sites excluding steroid dienone is 1. The summed E-state index contributed by atoms with van der Waals surface area (Å²) in [6, 6.07) is -0.180. The molecule has 0 saturated carbocycles. The lowest BCUT2D eigenvalue weighted by Gasteiger charge is -2.22. The second-order valence-corrected chi connectivity index (χ2v) is 5.02. The van der Waals surface area contributed by atoms with Gasteiger partial charge in [-0.2, -0.15) is 0 Å². The molecule has 0 spiro atoms. The minimum absolute atomic E-state index is 0.107. The Morgan fingerprint density at radius 2 is 2.14 bits per heavy atom. The van der Waals surface area contributed by atoms with Crippen molar-refractivity contribution < 1.29 is 19.8 Å². The maximum Gasteiger partial charge on any atom is 0.257 e. The van der Waals surface area contributed by atoms with Crippen LogP contribution in [0.2, 0.25) is 0 Å². The number of hydrogen-bond donors (Lipinski definition) is 0. The SMILES string of the molecule is [2H]c1c(Br)c(OC)c(CC=C)c(OC([2H])([2H])[2H])c1C(=O)N(CC)CC. The van der Waals surface area contributed by atoms with Crippen LogP contribution >= 0.6 is 15.9 Å². The first-order valence-corrected chi connectivity index (χ1v) is 7.40. The van der Waals surface area contributed by atoms with E-state index in [-0.39, 0.29) is 34.0 Å². The van der Waals surface area contributed by atoms with E-state index in [1.54, 1.807) is 19.9 Å². The highest BCUT2D eigenvalue weighted by Crippen LogP contribution is 2.39. The van der Waals surface area contributed by atoms with E-state index in [0.29, 0.717) is 18.7 Å². The van der Waals surface area contributed by atoms with Gasteiger partial charge in [0.05, 0.1) is 29.7 Å². The van der Waals surface area contributed by atoms with Crippen molar-refractivity contribution in [3.8, 4) is 11.5 Å². The van der Waals surface area contributed by atoms with Crippen LogP contribution in [0.5, 0.6) is 11.5 Å². The lowest BCUT2D eigenvalue weighted by atomic mass is 10.0. The largest absolute Gasteiger partial charge is 0.495 e. The lowest BCUT2D eigenvalue weighted by Crippen LogP contribution is -2.31. The molecule has 0 bridgehead atoms. The number of ether oxygens (including phenoxy) is 2. The number of halogens is 1. The first-order chi connectivity index (χ1) is 11.6. The predicted octanol–water partition coefficient (Wildman–Crippen LogP) is 3.68. The monoisotopic (exact) mass is 359 g/mol. The molecular weight excluding hydrogens is 334 g/mol. The molecule has 1 amide bonds. The molecule has 1 aromatic carbocycles. The van der Waals surface area contributed by atoms with Crippen molar-refractivity contribution in [2.24, 2.45) is 0 Å². The summed E-state index contributed by atoms with van der Waals surface area (Å²) in [6.45, 7) is 8.10. The van der Waals surface area contributed by atoms with E-state index in [0.717, 1.165) is 0 Å². The van der Waals surface area contributed by atoms with E-state index in [1.807, 2.05) is 0 Å². The van der Waals surface area contributed by atoms with E-state index in [2.05, 4.69) is 22.5 Å². The molecule has 0 atom stereocenters. The Morgan fingerprint density at radius 3 is 2.62 bits per heavy atom. The van der Waals surface area contributed by atoms with Crippen LogP contribution < -0.4 is 9.47 Å². The van der Waals surface area contributed by atoms with Gasteiger partial charge in [0.1, 0.15) is 11.5 Å². The molecule has 0 saturated heterocycles. The topological polar surface area (TPSA) is 38.8 Å². The smallest absolute Gasteiger partial charge is 0.257 e. The summed E-state index contributed by atoms with van der Waals surface area (Å²) in [4.78, 5) is 14.4. The Morgan fingerprint density at radius 1 is 1.48 bits per heavy atom. The molecule has 1 rings (SSSR count). The fraction of sp³-hybridized carbons (Fsp3) is 0.438. The van der Waals surface area contributed by atoms with Crippen LogP contribution in [-0.4, -0.2) is 38.0 Å². The highest BCUT2D eigenvalue weighted by Gasteiger charge is 2.24. The summed E-state index contributed by atoms with van der Waals surface area (Å²) in [5.41, 5.74) is 0.247. The third-order valence-electron chi connectivity index (χ3n) is 3.13. The maximum atomic E-state index is 12.9. The van der Waals surface area contributed by atoms with E-state index >= 15 is 0 Å². The van der Waals surface area contributed by atoms with Gasteiger partial charge in [-0.1, -0.05) is 6.08 Å². The molecule has 0 radical (unpaired) electrons. The van der Waals surface area contributed by atoms with Gasteiger partial charge in [0.25, 0.3) is 5.91 Å². The molecule has 0 N–H and O–H groups in total. The standard InChI is InChI=1S/C16H22BrNO3/c1-6-9-11-14(20-4)12(10-13(17)15(11)21-5)16(19)18(7-2)8-3/h6,10H,1,7-9H2,2-5H3/i4D3,10D. The molecule has 5 heteroatoms. The molecule has 0 aliphatic heterocycles. The molecule has 0 aromatic heterocycles. The van der Waals surface area contributed by atoms with E-state index in [4.69, 9.17) is 15.0 Å². The van der Waals surface area contributed by atoms with Gasteiger partial charge in [-0.15, -0.1) is 6.58 Å². The average Bonchev–Trinajstić information content (AvgIpc) is 2.52. The zero-order valence-corrected chi connectivity index (χ0v) is 14.0. The first kappa shape index (κ1) is 12.1. The normalized spacial score (nSPS) is 13.5. The number of amides is 1. The quantitative estimate of drug-likeness (QED) is 0.697. The van der Waals surface area contributed by atoms with Crippen molar-refractivity contribution in [2.75, 3.05) is 27.2 Å². The Hall–Kier alpha value is -1.49. The molecule has 0 aliphatic carbocycles. The molecule has 0 unspecified atom stereocenters. The van der Waals surface area contributed by atoms with Crippen molar-refractivity contribution in [2.45, 2.75) is 20.3 Å². The summed E-state index contributed by atoms with van der Waals surface area (Å²) in [5.74, 6) is -0.384. The highest BCUT2D eigenvalue weighted by molar-refractivity contribution is 9.10. The second kappa shape index (κ2) is 8.08. The van der Waals surface area contributed by atoms with Gasteiger partial charge < -0.3 is 14.4 Å². The molecule has 1 aromatic rings. The summed E-state index contributed by atoms with van der Waals surface area (Å²) >= 11 is 3.27. The van der Waals surface area contributed by atoms with Gasteiger partial charge in [0.15, 0.2) is 0 Å². The third kappa shape index (κ3) is 3.59. The number of carbonyl (C=O) groups is 1. The first-order valence-electron chi connectivity index (χ1n) is 8.60. The summed E-state index contributed by atoms with van der Waals surface area (Å²) in [5, 5.41) is 0. The maximum absolute atomic E-state index is 12.9. The number of nitrogens with zero attached hydrogens (tertiary/aromatic N) is 1. The van der Waals surface area contributed by atoms with Crippen LogP contribution in [0.15, 0.2) is 23.2 Å². The Labute approximate surface area is 140 Å². The summed E-state index contributed by atoms with van der Waals surface area (Å²) in [7, 11) is -1.38. The number of carbonyl (C=O) groups excluding carboxylic acids is 1. The minimum atomic E-state index is -2.78. The van der Waals surface area contributed by atoms with Crippen molar-refractivity contribution >= 4 is 21.8 Å². The molecule has 116 valence electrons. The van der Waals surface area contributed by atoms with Crippen molar-refractivity contribution in [1.29, 1.82) is 0 Å². The predicted molar refractivity (Wildman–Crippen MR) is 88.4 cm³/mol. The van der Waals surface area contributed by atoms with Gasteiger partial charge in [-0.3, -0.25) is 4.79 Å². The van der Waals surface area contributed by atoms with Gasteiger partial charge in [0.2, 0.25) is 0 Å². The van der Waals surface area contributed by atoms with Gasteiger partial charge in [-0.25, -0.2) is 0 Å². The Bertz CT molecular complexity index is 658. The van der Waals surface area contributed by atoms with Crippen molar-refractivity contribution in [1.82, 2.24) is 4.90 Å². The van der Waals surface area contributed by atoms with Crippen molar-refractivity contribution in [3.05, 3.63) is 34.3 Å². The van der Waals surface area contributed by atoms with Crippen LogP contribution in [0.25, 0.3) is 0 Å². The number of rotatable bonds is 7. The molecule has 0 heterocycles. The second-order valence-electron chi connectivity index (χ2n) is 4.23. The minimum Gasteiger partial charge on any atom is -0.495 e. The lowest BCUT2D eigenvalue weighted by molar-refractivity contribution is 0.0769. The van der Waals surface area contributed by atoms with Crippen LogP contribution in [0.4, 0.5) is 0 Å². The highest BCUT2D eigenvalue weighted by atomic mass is 79.9. The summed E-state index contributed by atoms with van der Waals surface area (Å²) in [6.07, 6.45) is 1.76. The fourth-order valence-electron chi connectivity index (χ4n) is 2.08. The van der Waals surface area contributed by atoms with Crippen LogP contribution in [0.1, 0.15) is 35.3 Å². The van der Waals surface area contributed by atoms with E-state index in [1.165, 1.54) is 12.0 Å². The average molecular weight is 360 g/mol. The van der Waals surface area contributed by atoms with Crippen molar-refractivity contribution in [3.63, 3.8) is 0 Å². The van der Waals surface area contributed by atoms with E-state index < -0.39 is 12.9 Å². The number of benzene rings is 1. The fourth-order valence-corrected chi connectivity index (χ4v) is 2.68. The molecule has 4 nitrogen and oxygen atoms in total. The summed E-state index contributed by atoms with van der Waals surface area (Å²) < 4.78 is 41.3. The molecule has 21 heavy (non-hydrogen) atoms. The third-order valence-corrected chi connectivity index (χ3v) is 3.69. The molecule has 0 aliphatic rings. The number of methoxy groups -OCH3 is 2. The molecule has 0 fully saturated rings. The van der Waals surface area contributed by atoms with Gasteiger partial charge >= 0.3 is 0 Å². The van der Waals surface area contributed by atoms with Crippen LogP contribution in [0, 0.1) is 0 Å². The zero-order chi connectivity index (χ0) is 19.4.